The molecule has 1 aliphatic heterocycles. The van der Waals surface area contributed by atoms with Gasteiger partial charge in [0.1, 0.15) is 0 Å². The van der Waals surface area contributed by atoms with E-state index in [-0.39, 0.29) is 5.91 Å². The third kappa shape index (κ3) is 3.19. The van der Waals surface area contributed by atoms with E-state index in [9.17, 15) is 4.79 Å². The van der Waals surface area contributed by atoms with Crippen molar-refractivity contribution in [3.63, 3.8) is 0 Å². The summed E-state index contributed by atoms with van der Waals surface area (Å²) in [6.45, 7) is 5.47. The van der Waals surface area contributed by atoms with E-state index in [4.69, 9.17) is 11.6 Å². The lowest BCUT2D eigenvalue weighted by molar-refractivity contribution is -0.117. The van der Waals surface area contributed by atoms with E-state index >= 15 is 0 Å². The quantitative estimate of drug-likeness (QED) is 0.909. The Balaban J connectivity index is 1.65. The summed E-state index contributed by atoms with van der Waals surface area (Å²) in [6, 6.07) is 7.99. The van der Waals surface area contributed by atoms with Crippen molar-refractivity contribution in [2.24, 2.45) is 0 Å². The van der Waals surface area contributed by atoms with Gasteiger partial charge in [-0.1, -0.05) is 11.6 Å². The Labute approximate surface area is 139 Å². The first-order chi connectivity index (χ1) is 10.5. The van der Waals surface area contributed by atoms with Crippen molar-refractivity contribution in [3.8, 4) is 0 Å². The number of amides is 1. The van der Waals surface area contributed by atoms with E-state index in [0.29, 0.717) is 17.6 Å². The van der Waals surface area contributed by atoms with E-state index in [1.165, 1.54) is 10.4 Å². The lowest BCUT2D eigenvalue weighted by Crippen LogP contribution is -2.39. The number of nitrogens with one attached hydrogen (secondary N) is 1. The van der Waals surface area contributed by atoms with Crippen LogP contribution in [0.3, 0.4) is 0 Å². The summed E-state index contributed by atoms with van der Waals surface area (Å²) in [5.41, 5.74) is 3.18. The minimum Gasteiger partial charge on any atom is -0.325 e. The highest BCUT2D eigenvalue weighted by Crippen LogP contribution is 2.32. The zero-order chi connectivity index (χ0) is 15.7. The minimum atomic E-state index is 0.0240. The van der Waals surface area contributed by atoms with Crippen molar-refractivity contribution in [3.05, 3.63) is 50.7 Å². The molecule has 2 aromatic rings. The molecule has 3 rings (SSSR count). The van der Waals surface area contributed by atoms with Crippen LogP contribution >= 0.6 is 22.9 Å². The average Bonchev–Trinajstić information content (AvgIpc) is 2.94. The van der Waals surface area contributed by atoms with Crippen LogP contribution in [0.1, 0.15) is 29.0 Å². The monoisotopic (exact) mass is 334 g/mol. The van der Waals surface area contributed by atoms with Crippen molar-refractivity contribution >= 4 is 34.5 Å². The third-order valence-corrected chi connectivity index (χ3v) is 5.44. The van der Waals surface area contributed by atoms with Crippen LogP contribution in [0.25, 0.3) is 0 Å². The lowest BCUT2D eigenvalue weighted by atomic mass is 10.0. The third-order valence-electron chi connectivity index (χ3n) is 4.21. The number of anilines is 1. The van der Waals surface area contributed by atoms with Crippen molar-refractivity contribution < 1.29 is 4.79 Å². The number of nitrogens with zero attached hydrogens (tertiary/aromatic N) is 1. The molecule has 0 unspecified atom stereocenters. The molecule has 0 spiro atoms. The molecular formula is C17H19ClN2OS. The maximum Gasteiger partial charge on any atom is 0.238 e. The standard InChI is InChI=1S/C17H19ClN2OS/c1-11-9-13(18)3-4-15(11)19-17(21)10-20-7-5-16-14(12(20)2)6-8-22-16/h3-4,6,8-9,12H,5,7,10H2,1-2H3,(H,19,21)/t12-/m1/s1. The van der Waals surface area contributed by atoms with Crippen molar-refractivity contribution in [1.29, 1.82) is 0 Å². The summed E-state index contributed by atoms with van der Waals surface area (Å²) in [5.74, 6) is 0.0240. The molecule has 116 valence electrons. The van der Waals surface area contributed by atoms with Gasteiger partial charge in [0, 0.05) is 28.2 Å². The lowest BCUT2D eigenvalue weighted by Gasteiger charge is -2.33. The molecule has 1 N–H and O–H groups in total. The predicted molar refractivity (Wildman–Crippen MR) is 92.8 cm³/mol. The Bertz CT molecular complexity index is 698. The minimum absolute atomic E-state index is 0.0240. The number of thiophene rings is 1. The van der Waals surface area contributed by atoms with Gasteiger partial charge in [-0.3, -0.25) is 9.69 Å². The highest BCUT2D eigenvalue weighted by molar-refractivity contribution is 7.10. The van der Waals surface area contributed by atoms with Gasteiger partial charge < -0.3 is 5.32 Å². The van der Waals surface area contributed by atoms with Crippen molar-refractivity contribution in [1.82, 2.24) is 4.90 Å². The second-order valence-corrected chi connectivity index (χ2v) is 7.14. The molecule has 0 bridgehead atoms. The Morgan fingerprint density at radius 2 is 2.27 bits per heavy atom. The van der Waals surface area contributed by atoms with Crippen LogP contribution in [-0.4, -0.2) is 23.9 Å². The topological polar surface area (TPSA) is 32.3 Å². The molecule has 0 fully saturated rings. The molecule has 1 aliphatic rings. The number of carbonyl (C=O) groups excluding carboxylic acids is 1. The molecule has 0 radical (unpaired) electrons. The molecule has 0 saturated heterocycles. The second kappa shape index (κ2) is 6.41. The fourth-order valence-corrected chi connectivity index (χ4v) is 4.11. The summed E-state index contributed by atoms with van der Waals surface area (Å²) in [6.07, 6.45) is 1.03. The second-order valence-electron chi connectivity index (χ2n) is 5.70. The van der Waals surface area contributed by atoms with Gasteiger partial charge in [0.2, 0.25) is 5.91 Å². The van der Waals surface area contributed by atoms with Gasteiger partial charge in [-0.05, 0) is 61.0 Å². The van der Waals surface area contributed by atoms with Gasteiger partial charge in [-0.15, -0.1) is 11.3 Å². The molecular weight excluding hydrogens is 316 g/mol. The van der Waals surface area contributed by atoms with Gasteiger partial charge in [0.05, 0.1) is 6.54 Å². The smallest absolute Gasteiger partial charge is 0.238 e. The average molecular weight is 335 g/mol. The first kappa shape index (κ1) is 15.5. The van der Waals surface area contributed by atoms with Crippen LogP contribution in [0.2, 0.25) is 5.02 Å². The largest absolute Gasteiger partial charge is 0.325 e. The van der Waals surface area contributed by atoms with Gasteiger partial charge in [-0.2, -0.15) is 0 Å². The van der Waals surface area contributed by atoms with E-state index in [1.807, 2.05) is 30.4 Å². The van der Waals surface area contributed by atoms with Crippen LogP contribution in [0.4, 0.5) is 5.69 Å². The molecule has 0 saturated carbocycles. The molecule has 2 heterocycles. The number of halogens is 1. The molecule has 1 amide bonds. The van der Waals surface area contributed by atoms with E-state index in [2.05, 4.69) is 28.6 Å². The van der Waals surface area contributed by atoms with E-state index < -0.39 is 0 Å². The van der Waals surface area contributed by atoms with E-state index in [1.54, 1.807) is 6.07 Å². The number of benzene rings is 1. The molecule has 3 nitrogen and oxygen atoms in total. The maximum absolute atomic E-state index is 12.3. The summed E-state index contributed by atoms with van der Waals surface area (Å²) < 4.78 is 0. The molecule has 1 atom stereocenters. The first-order valence-corrected chi connectivity index (χ1v) is 8.66. The van der Waals surface area contributed by atoms with Crippen LogP contribution in [0, 0.1) is 6.92 Å². The highest BCUT2D eigenvalue weighted by atomic mass is 35.5. The Morgan fingerprint density at radius 1 is 1.45 bits per heavy atom. The van der Waals surface area contributed by atoms with Gasteiger partial charge >= 0.3 is 0 Å². The first-order valence-electron chi connectivity index (χ1n) is 7.41. The number of rotatable bonds is 3. The highest BCUT2D eigenvalue weighted by Gasteiger charge is 2.26. The summed E-state index contributed by atoms with van der Waals surface area (Å²) in [4.78, 5) is 16.0. The number of fused-ring (bicyclic) bond motifs is 1. The van der Waals surface area contributed by atoms with Gasteiger partial charge in [-0.25, -0.2) is 0 Å². The van der Waals surface area contributed by atoms with Gasteiger partial charge in [0.15, 0.2) is 0 Å². The predicted octanol–water partition coefficient (Wildman–Crippen LogP) is 4.27. The van der Waals surface area contributed by atoms with Crippen LogP contribution < -0.4 is 5.32 Å². The summed E-state index contributed by atoms with van der Waals surface area (Å²) in [7, 11) is 0. The molecule has 5 heteroatoms. The summed E-state index contributed by atoms with van der Waals surface area (Å²) >= 11 is 7.76. The fourth-order valence-electron chi connectivity index (χ4n) is 2.92. The molecule has 1 aromatic heterocycles. The van der Waals surface area contributed by atoms with Crippen LogP contribution in [0.15, 0.2) is 29.6 Å². The SMILES string of the molecule is Cc1cc(Cl)ccc1NC(=O)CN1CCc2sccc2[C@H]1C. The Hall–Kier alpha value is -1.36. The fraction of sp³-hybridized carbons (Fsp3) is 0.353. The number of hydrogen-bond donors (Lipinski definition) is 1. The Morgan fingerprint density at radius 3 is 3.05 bits per heavy atom. The summed E-state index contributed by atoms with van der Waals surface area (Å²) in [5, 5.41) is 5.81. The zero-order valence-corrected chi connectivity index (χ0v) is 14.3. The Kier molecular flexibility index (Phi) is 4.52. The van der Waals surface area contributed by atoms with Crippen molar-refractivity contribution in [2.45, 2.75) is 26.3 Å². The zero-order valence-electron chi connectivity index (χ0n) is 12.7. The number of hydrogen-bond acceptors (Lipinski definition) is 3. The number of carbonyl (C=O) groups is 1. The maximum atomic E-state index is 12.3. The number of aryl methyl sites for hydroxylation is 1. The molecule has 1 aromatic carbocycles. The molecule has 22 heavy (non-hydrogen) atoms. The normalized spacial score (nSPS) is 18.0. The van der Waals surface area contributed by atoms with E-state index in [0.717, 1.165) is 24.2 Å². The van der Waals surface area contributed by atoms with Gasteiger partial charge in [0.25, 0.3) is 0 Å². The van der Waals surface area contributed by atoms with Crippen LogP contribution in [-0.2, 0) is 11.2 Å². The van der Waals surface area contributed by atoms with Crippen molar-refractivity contribution in [2.75, 3.05) is 18.4 Å². The molecule has 0 aliphatic carbocycles. The van der Waals surface area contributed by atoms with Crippen LogP contribution in [0.5, 0.6) is 0 Å².